The SMILES string of the molecule is O=P(O)(O)C1=C(O)CCCC1. The lowest BCUT2D eigenvalue weighted by atomic mass is 10.1. The third-order valence-electron chi connectivity index (χ3n) is 1.76. The molecule has 0 heterocycles. The summed E-state index contributed by atoms with van der Waals surface area (Å²) in [6.45, 7) is 0. The fourth-order valence-electron chi connectivity index (χ4n) is 1.19. The van der Waals surface area contributed by atoms with Crippen molar-refractivity contribution in [2.75, 3.05) is 0 Å². The molecule has 0 saturated carbocycles. The number of aliphatic hydroxyl groups excluding tert-OH is 1. The summed E-state index contributed by atoms with van der Waals surface area (Å²) in [5, 5.41) is 9.03. The van der Waals surface area contributed by atoms with Crippen molar-refractivity contribution in [1.82, 2.24) is 0 Å². The van der Waals surface area contributed by atoms with E-state index in [0.717, 1.165) is 12.8 Å². The number of rotatable bonds is 1. The predicted molar refractivity (Wildman–Crippen MR) is 40.2 cm³/mol. The first kappa shape index (κ1) is 8.78. The van der Waals surface area contributed by atoms with Gasteiger partial charge in [0.2, 0.25) is 0 Å². The van der Waals surface area contributed by atoms with E-state index in [1.165, 1.54) is 0 Å². The van der Waals surface area contributed by atoms with Crippen molar-refractivity contribution in [3.63, 3.8) is 0 Å². The molecule has 1 aliphatic rings. The Morgan fingerprint density at radius 1 is 1.18 bits per heavy atom. The molecule has 0 bridgehead atoms. The molecule has 0 atom stereocenters. The molecular formula is C6H11O4P. The number of hydrogen-bond donors (Lipinski definition) is 3. The Labute approximate surface area is 64.7 Å². The minimum absolute atomic E-state index is 0.0660. The Kier molecular flexibility index (Phi) is 2.37. The average molecular weight is 178 g/mol. The molecule has 0 aromatic rings. The van der Waals surface area contributed by atoms with Crippen LogP contribution in [0.5, 0.6) is 0 Å². The van der Waals surface area contributed by atoms with Crippen LogP contribution in [-0.2, 0) is 4.57 Å². The third-order valence-corrected chi connectivity index (χ3v) is 2.95. The molecule has 0 amide bonds. The zero-order valence-corrected chi connectivity index (χ0v) is 6.92. The molecule has 11 heavy (non-hydrogen) atoms. The van der Waals surface area contributed by atoms with E-state index in [1.807, 2.05) is 0 Å². The van der Waals surface area contributed by atoms with E-state index in [0.29, 0.717) is 12.8 Å². The lowest BCUT2D eigenvalue weighted by Crippen LogP contribution is -1.99. The Morgan fingerprint density at radius 2 is 1.73 bits per heavy atom. The maximum absolute atomic E-state index is 10.7. The zero-order chi connectivity index (χ0) is 8.48. The van der Waals surface area contributed by atoms with Crippen molar-refractivity contribution in [2.45, 2.75) is 25.7 Å². The van der Waals surface area contributed by atoms with E-state index in [-0.39, 0.29) is 11.1 Å². The minimum Gasteiger partial charge on any atom is -0.512 e. The number of allylic oxidation sites excluding steroid dienone is 2. The second kappa shape index (κ2) is 2.97. The van der Waals surface area contributed by atoms with E-state index in [9.17, 15) is 4.57 Å². The van der Waals surface area contributed by atoms with Crippen molar-refractivity contribution in [3.8, 4) is 0 Å². The molecular weight excluding hydrogens is 167 g/mol. The monoisotopic (exact) mass is 178 g/mol. The normalized spacial score (nSPS) is 20.5. The molecule has 3 N–H and O–H groups in total. The van der Waals surface area contributed by atoms with E-state index in [1.54, 1.807) is 0 Å². The molecule has 5 heteroatoms. The van der Waals surface area contributed by atoms with Crippen molar-refractivity contribution in [3.05, 3.63) is 11.1 Å². The fraction of sp³-hybridized carbons (Fsp3) is 0.667. The van der Waals surface area contributed by atoms with Gasteiger partial charge in [-0.1, -0.05) is 0 Å². The summed E-state index contributed by atoms with van der Waals surface area (Å²) in [7, 11) is -4.17. The number of hydrogen-bond acceptors (Lipinski definition) is 2. The Balaban J connectivity index is 2.92. The second-order valence-corrected chi connectivity index (χ2v) is 4.27. The smallest absolute Gasteiger partial charge is 0.355 e. The Bertz CT molecular complexity index is 227. The maximum Gasteiger partial charge on any atom is 0.355 e. The van der Waals surface area contributed by atoms with Gasteiger partial charge in [-0.05, 0) is 19.3 Å². The molecule has 0 aromatic carbocycles. The van der Waals surface area contributed by atoms with Crippen molar-refractivity contribution >= 4 is 7.60 Å². The van der Waals surface area contributed by atoms with Crippen LogP contribution in [0, 0.1) is 0 Å². The summed E-state index contributed by atoms with van der Waals surface area (Å²) in [5.74, 6) is -0.107. The van der Waals surface area contributed by atoms with Crippen molar-refractivity contribution in [1.29, 1.82) is 0 Å². The molecule has 64 valence electrons. The Morgan fingerprint density at radius 3 is 2.09 bits per heavy atom. The van der Waals surface area contributed by atoms with Gasteiger partial charge in [0, 0.05) is 6.42 Å². The van der Waals surface area contributed by atoms with Gasteiger partial charge in [-0.3, -0.25) is 4.57 Å². The summed E-state index contributed by atoms with van der Waals surface area (Å²) >= 11 is 0. The van der Waals surface area contributed by atoms with Crippen LogP contribution < -0.4 is 0 Å². The summed E-state index contributed by atoms with van der Waals surface area (Å²) < 4.78 is 10.7. The van der Waals surface area contributed by atoms with E-state index < -0.39 is 7.60 Å². The van der Waals surface area contributed by atoms with Crippen LogP contribution >= 0.6 is 7.60 Å². The predicted octanol–water partition coefficient (Wildman–Crippen LogP) is 1.51. The zero-order valence-electron chi connectivity index (χ0n) is 6.03. The molecule has 0 unspecified atom stereocenters. The van der Waals surface area contributed by atoms with Gasteiger partial charge in [-0.2, -0.15) is 0 Å². The van der Waals surface area contributed by atoms with E-state index >= 15 is 0 Å². The summed E-state index contributed by atoms with van der Waals surface area (Å²) in [6.07, 6.45) is 2.30. The first-order valence-electron chi connectivity index (χ1n) is 3.49. The van der Waals surface area contributed by atoms with Gasteiger partial charge in [-0.25, -0.2) is 0 Å². The molecule has 0 fully saturated rings. The molecule has 0 spiro atoms. The first-order valence-corrected chi connectivity index (χ1v) is 5.10. The van der Waals surface area contributed by atoms with E-state index in [2.05, 4.69) is 0 Å². The summed E-state index contributed by atoms with van der Waals surface area (Å²) in [6, 6.07) is 0. The molecule has 1 rings (SSSR count). The van der Waals surface area contributed by atoms with Crippen LogP contribution in [0.1, 0.15) is 25.7 Å². The van der Waals surface area contributed by atoms with Crippen LogP contribution in [0.3, 0.4) is 0 Å². The van der Waals surface area contributed by atoms with Crippen molar-refractivity contribution < 1.29 is 19.5 Å². The number of aliphatic hydroxyl groups is 1. The highest BCUT2D eigenvalue weighted by Crippen LogP contribution is 2.50. The van der Waals surface area contributed by atoms with Crippen LogP contribution in [-0.4, -0.2) is 14.9 Å². The second-order valence-electron chi connectivity index (χ2n) is 2.64. The largest absolute Gasteiger partial charge is 0.512 e. The molecule has 4 nitrogen and oxygen atoms in total. The standard InChI is InChI=1S/C6H11O4P/c7-5-3-1-2-4-6(5)11(8,9)10/h7H,1-4H2,(H2,8,9,10). The van der Waals surface area contributed by atoms with Gasteiger partial charge >= 0.3 is 7.60 Å². The molecule has 0 aromatic heterocycles. The highest BCUT2D eigenvalue weighted by Gasteiger charge is 2.26. The van der Waals surface area contributed by atoms with Gasteiger partial charge < -0.3 is 14.9 Å². The van der Waals surface area contributed by atoms with Gasteiger partial charge in [-0.15, -0.1) is 0 Å². The first-order chi connectivity index (χ1) is 5.02. The maximum atomic E-state index is 10.7. The highest BCUT2D eigenvalue weighted by molar-refractivity contribution is 7.56. The Hall–Kier alpha value is -0.310. The van der Waals surface area contributed by atoms with E-state index in [4.69, 9.17) is 14.9 Å². The minimum atomic E-state index is -4.17. The highest BCUT2D eigenvalue weighted by atomic mass is 31.2. The molecule has 1 aliphatic carbocycles. The quantitative estimate of drug-likeness (QED) is 0.532. The van der Waals surface area contributed by atoms with Gasteiger partial charge in [0.15, 0.2) is 0 Å². The van der Waals surface area contributed by atoms with Crippen LogP contribution in [0.15, 0.2) is 11.1 Å². The lowest BCUT2D eigenvalue weighted by molar-refractivity contribution is 0.343. The van der Waals surface area contributed by atoms with Crippen molar-refractivity contribution in [2.24, 2.45) is 0 Å². The summed E-state index contributed by atoms with van der Waals surface area (Å²) in [4.78, 5) is 17.4. The average Bonchev–Trinajstić information content (AvgIpc) is 1.86. The van der Waals surface area contributed by atoms with Crippen LogP contribution in [0.2, 0.25) is 0 Å². The van der Waals surface area contributed by atoms with Gasteiger partial charge in [0.1, 0.15) is 5.76 Å². The topological polar surface area (TPSA) is 77.8 Å². The molecule has 0 saturated heterocycles. The third kappa shape index (κ3) is 2.06. The van der Waals surface area contributed by atoms with Gasteiger partial charge in [0.05, 0.1) is 5.31 Å². The molecule has 0 radical (unpaired) electrons. The fourth-order valence-corrected chi connectivity index (χ4v) is 2.08. The lowest BCUT2D eigenvalue weighted by Gasteiger charge is -2.16. The summed E-state index contributed by atoms with van der Waals surface area (Å²) in [5.41, 5.74) is 0. The van der Waals surface area contributed by atoms with Crippen LogP contribution in [0.25, 0.3) is 0 Å². The molecule has 0 aliphatic heterocycles. The van der Waals surface area contributed by atoms with Gasteiger partial charge in [0.25, 0.3) is 0 Å². The van der Waals surface area contributed by atoms with Crippen LogP contribution in [0.4, 0.5) is 0 Å².